The summed E-state index contributed by atoms with van der Waals surface area (Å²) < 4.78 is 25.8. The normalized spacial score (nSPS) is 11.2. The molecular weight excluding hydrogens is 383 g/mol. The highest BCUT2D eigenvalue weighted by Gasteiger charge is 2.15. The minimum atomic E-state index is -0.335. The lowest BCUT2D eigenvalue weighted by atomic mass is 10.2. The van der Waals surface area contributed by atoms with Crippen molar-refractivity contribution < 1.29 is 13.9 Å². The molecule has 30 heavy (non-hydrogen) atoms. The van der Waals surface area contributed by atoms with Crippen molar-refractivity contribution in [1.29, 1.82) is 0 Å². The Hall–Kier alpha value is -3.93. The van der Waals surface area contributed by atoms with Gasteiger partial charge in [-0.2, -0.15) is 0 Å². The number of nitrogens with zero attached hydrogens (tertiary/aromatic N) is 2. The van der Waals surface area contributed by atoms with Gasteiger partial charge in [-0.15, -0.1) is 0 Å². The number of halogens is 1. The molecule has 0 aliphatic heterocycles. The molecule has 0 bridgehead atoms. The molecule has 0 aliphatic carbocycles. The summed E-state index contributed by atoms with van der Waals surface area (Å²) in [4.78, 5) is 18.0. The summed E-state index contributed by atoms with van der Waals surface area (Å²) in [6.07, 6.45) is 3.40. The average Bonchev–Trinajstić information content (AvgIpc) is 2.77. The van der Waals surface area contributed by atoms with Gasteiger partial charge in [0.05, 0.1) is 30.8 Å². The molecule has 0 fully saturated rings. The van der Waals surface area contributed by atoms with Gasteiger partial charge in [0.1, 0.15) is 23.1 Å². The van der Waals surface area contributed by atoms with Crippen LogP contribution in [0, 0.1) is 5.82 Å². The Kier molecular flexibility index (Phi) is 5.30. The smallest absolute Gasteiger partial charge is 0.266 e. The molecule has 4 aromatic rings. The van der Waals surface area contributed by atoms with Crippen molar-refractivity contribution in [2.24, 2.45) is 0 Å². The Morgan fingerprint density at radius 2 is 1.77 bits per heavy atom. The summed E-state index contributed by atoms with van der Waals surface area (Å²) >= 11 is 0. The zero-order valence-electron chi connectivity index (χ0n) is 16.5. The Morgan fingerprint density at radius 3 is 2.53 bits per heavy atom. The third-order valence-corrected chi connectivity index (χ3v) is 4.70. The molecule has 0 spiro atoms. The number of aromatic nitrogens is 2. The lowest BCUT2D eigenvalue weighted by Crippen LogP contribution is -2.22. The van der Waals surface area contributed by atoms with Gasteiger partial charge in [-0.25, -0.2) is 9.37 Å². The average molecular weight is 402 g/mol. The molecule has 0 saturated heterocycles. The summed E-state index contributed by atoms with van der Waals surface area (Å²) in [6, 6.07) is 18.5. The molecule has 0 amide bonds. The SMILES string of the molecule is COc1ccc(-n2c(/C=C/c3cccc(F)c3)nc3ccccc3c2=O)c(OC)c1. The van der Waals surface area contributed by atoms with Crippen molar-refractivity contribution in [3.63, 3.8) is 0 Å². The van der Waals surface area contributed by atoms with E-state index in [2.05, 4.69) is 4.98 Å². The number of methoxy groups -OCH3 is 2. The van der Waals surface area contributed by atoms with Crippen LogP contribution < -0.4 is 15.0 Å². The maximum Gasteiger partial charge on any atom is 0.266 e. The Balaban J connectivity index is 1.97. The van der Waals surface area contributed by atoms with Gasteiger partial charge in [0.25, 0.3) is 5.56 Å². The second-order valence-corrected chi connectivity index (χ2v) is 6.55. The fraction of sp³-hybridized carbons (Fsp3) is 0.0833. The second-order valence-electron chi connectivity index (χ2n) is 6.55. The maximum absolute atomic E-state index is 13.5. The first-order valence-electron chi connectivity index (χ1n) is 9.28. The molecule has 6 heteroatoms. The predicted octanol–water partition coefficient (Wildman–Crippen LogP) is 4.71. The van der Waals surface area contributed by atoms with Crippen LogP contribution in [0.5, 0.6) is 11.5 Å². The second kappa shape index (κ2) is 8.21. The molecule has 0 saturated carbocycles. The van der Waals surface area contributed by atoms with Crippen LogP contribution in [-0.2, 0) is 0 Å². The van der Waals surface area contributed by atoms with E-state index in [0.29, 0.717) is 39.5 Å². The molecule has 1 heterocycles. The largest absolute Gasteiger partial charge is 0.497 e. The molecule has 0 radical (unpaired) electrons. The number of ether oxygens (including phenoxy) is 2. The molecule has 0 unspecified atom stereocenters. The molecule has 5 nitrogen and oxygen atoms in total. The summed E-state index contributed by atoms with van der Waals surface area (Å²) in [5.74, 6) is 1.13. The molecule has 0 N–H and O–H groups in total. The van der Waals surface area contributed by atoms with Crippen molar-refractivity contribution in [2.45, 2.75) is 0 Å². The van der Waals surface area contributed by atoms with E-state index in [1.54, 1.807) is 67.8 Å². The lowest BCUT2D eigenvalue weighted by molar-refractivity contribution is 0.393. The monoisotopic (exact) mass is 402 g/mol. The standard InChI is InChI=1S/C24H19FN2O3/c1-29-18-11-12-21(22(15-18)30-2)27-23(13-10-16-6-5-7-17(25)14-16)26-20-9-4-3-8-19(20)24(27)28/h3-15H,1-2H3/b13-10+. The van der Waals surface area contributed by atoms with E-state index in [0.717, 1.165) is 0 Å². The summed E-state index contributed by atoms with van der Waals surface area (Å²) in [7, 11) is 3.09. The Morgan fingerprint density at radius 1 is 0.933 bits per heavy atom. The Bertz CT molecular complexity index is 1310. The van der Waals surface area contributed by atoms with Crippen molar-refractivity contribution in [1.82, 2.24) is 9.55 Å². The minimum absolute atomic E-state index is 0.233. The van der Waals surface area contributed by atoms with Crippen molar-refractivity contribution in [3.05, 3.63) is 94.3 Å². The first kappa shape index (κ1) is 19.4. The van der Waals surface area contributed by atoms with Gasteiger partial charge in [0, 0.05) is 6.07 Å². The third-order valence-electron chi connectivity index (χ3n) is 4.70. The van der Waals surface area contributed by atoms with E-state index in [1.165, 1.54) is 23.8 Å². The molecule has 3 aromatic carbocycles. The minimum Gasteiger partial charge on any atom is -0.497 e. The number of hydrogen-bond donors (Lipinski definition) is 0. The maximum atomic E-state index is 13.5. The lowest BCUT2D eigenvalue weighted by Gasteiger charge is -2.15. The van der Waals surface area contributed by atoms with Gasteiger partial charge in [-0.1, -0.05) is 30.3 Å². The van der Waals surface area contributed by atoms with E-state index >= 15 is 0 Å². The topological polar surface area (TPSA) is 53.4 Å². The summed E-state index contributed by atoms with van der Waals surface area (Å²) in [5.41, 5.74) is 1.53. The summed E-state index contributed by atoms with van der Waals surface area (Å²) in [6.45, 7) is 0. The van der Waals surface area contributed by atoms with Crippen LogP contribution in [0.3, 0.4) is 0 Å². The predicted molar refractivity (Wildman–Crippen MR) is 116 cm³/mol. The fourth-order valence-corrected chi connectivity index (χ4v) is 3.25. The molecule has 4 rings (SSSR count). The first-order valence-corrected chi connectivity index (χ1v) is 9.28. The first-order chi connectivity index (χ1) is 14.6. The van der Waals surface area contributed by atoms with Gasteiger partial charge in [-0.05, 0) is 48.0 Å². The quantitative estimate of drug-likeness (QED) is 0.485. The highest BCUT2D eigenvalue weighted by molar-refractivity contribution is 5.80. The fourth-order valence-electron chi connectivity index (χ4n) is 3.25. The van der Waals surface area contributed by atoms with Crippen molar-refractivity contribution in [2.75, 3.05) is 14.2 Å². The molecule has 1 aromatic heterocycles. The van der Waals surface area contributed by atoms with Crippen LogP contribution >= 0.6 is 0 Å². The van der Waals surface area contributed by atoms with Crippen LogP contribution in [-0.4, -0.2) is 23.8 Å². The molecular formula is C24H19FN2O3. The van der Waals surface area contributed by atoms with Gasteiger partial charge in [0.15, 0.2) is 0 Å². The van der Waals surface area contributed by atoms with Gasteiger partial charge in [-0.3, -0.25) is 9.36 Å². The van der Waals surface area contributed by atoms with Gasteiger partial charge >= 0.3 is 0 Å². The molecule has 0 atom stereocenters. The van der Waals surface area contributed by atoms with E-state index in [9.17, 15) is 9.18 Å². The van der Waals surface area contributed by atoms with Crippen molar-refractivity contribution in [3.8, 4) is 17.2 Å². The zero-order valence-corrected chi connectivity index (χ0v) is 16.5. The van der Waals surface area contributed by atoms with Crippen LogP contribution in [0.4, 0.5) is 4.39 Å². The van der Waals surface area contributed by atoms with Gasteiger partial charge < -0.3 is 9.47 Å². The Labute approximate surface area is 172 Å². The van der Waals surface area contributed by atoms with Crippen LogP contribution in [0.1, 0.15) is 11.4 Å². The van der Waals surface area contributed by atoms with E-state index in [-0.39, 0.29) is 11.4 Å². The third kappa shape index (κ3) is 3.67. The van der Waals surface area contributed by atoms with E-state index in [1.807, 2.05) is 6.07 Å². The highest BCUT2D eigenvalue weighted by Crippen LogP contribution is 2.28. The zero-order chi connectivity index (χ0) is 21.1. The number of fused-ring (bicyclic) bond motifs is 1. The summed E-state index contributed by atoms with van der Waals surface area (Å²) in [5, 5.41) is 0.485. The highest BCUT2D eigenvalue weighted by atomic mass is 19.1. The number of hydrogen-bond acceptors (Lipinski definition) is 4. The number of benzene rings is 3. The van der Waals surface area contributed by atoms with Gasteiger partial charge in [0.2, 0.25) is 0 Å². The molecule has 0 aliphatic rings. The van der Waals surface area contributed by atoms with Crippen molar-refractivity contribution >= 4 is 23.1 Å². The van der Waals surface area contributed by atoms with Crippen LogP contribution in [0.2, 0.25) is 0 Å². The van der Waals surface area contributed by atoms with Crippen LogP contribution in [0.15, 0.2) is 71.5 Å². The van der Waals surface area contributed by atoms with E-state index in [4.69, 9.17) is 9.47 Å². The molecule has 150 valence electrons. The van der Waals surface area contributed by atoms with E-state index < -0.39 is 0 Å². The number of rotatable bonds is 5. The van der Waals surface area contributed by atoms with Crippen LogP contribution in [0.25, 0.3) is 28.7 Å². The number of para-hydroxylation sites is 1.